The number of unbranched alkanes of at least 4 members (excludes halogenated alkanes) is 2. The molecule has 32 heavy (non-hydrogen) atoms. The van der Waals surface area contributed by atoms with Crippen molar-refractivity contribution >= 4 is 16.9 Å². The monoisotopic (exact) mass is 435 g/mol. The van der Waals surface area contributed by atoms with Gasteiger partial charge in [0.25, 0.3) is 0 Å². The summed E-state index contributed by atoms with van der Waals surface area (Å²) in [6.07, 6.45) is 5.01. The maximum Gasteiger partial charge on any atom is 0.225 e. The van der Waals surface area contributed by atoms with Crippen molar-refractivity contribution in [1.29, 1.82) is 0 Å². The summed E-state index contributed by atoms with van der Waals surface area (Å²) in [6.45, 7) is 10.2. The molecule has 0 fully saturated rings. The van der Waals surface area contributed by atoms with E-state index in [1.54, 1.807) is 0 Å². The average Bonchev–Trinajstić information content (AvgIpc) is 3.10. The number of aryl methyl sites for hydroxylation is 3. The summed E-state index contributed by atoms with van der Waals surface area (Å²) in [5, 5.41) is 3.03. The third-order valence-corrected chi connectivity index (χ3v) is 5.56. The normalized spacial score (nSPS) is 11.6. The minimum Gasteiger partial charge on any atom is -0.494 e. The zero-order chi connectivity index (χ0) is 23.0. The van der Waals surface area contributed by atoms with Crippen LogP contribution in [0.2, 0.25) is 0 Å². The molecule has 0 spiro atoms. The SMILES string of the molecule is Cc1cccc(OCCCn2c(CCCCCNC(=O)C(C)(C)C)nc3ccccc32)c1. The first-order valence-electron chi connectivity index (χ1n) is 11.8. The first-order chi connectivity index (χ1) is 15.3. The van der Waals surface area contributed by atoms with Gasteiger partial charge in [-0.05, 0) is 56.0 Å². The minimum absolute atomic E-state index is 0.118. The van der Waals surface area contributed by atoms with Gasteiger partial charge in [0, 0.05) is 24.9 Å². The van der Waals surface area contributed by atoms with E-state index in [1.165, 1.54) is 11.1 Å². The third kappa shape index (κ3) is 6.84. The van der Waals surface area contributed by atoms with Crippen LogP contribution in [0.3, 0.4) is 0 Å². The zero-order valence-corrected chi connectivity index (χ0v) is 20.0. The Bertz CT molecular complexity index is 1020. The molecule has 0 aliphatic rings. The molecular weight excluding hydrogens is 398 g/mol. The van der Waals surface area contributed by atoms with E-state index >= 15 is 0 Å². The molecule has 5 nitrogen and oxygen atoms in total. The van der Waals surface area contributed by atoms with Gasteiger partial charge in [0.1, 0.15) is 11.6 Å². The van der Waals surface area contributed by atoms with Crippen LogP contribution in [0.15, 0.2) is 48.5 Å². The molecule has 2 aromatic carbocycles. The number of carbonyl (C=O) groups excluding carboxylic acids is 1. The molecule has 0 unspecified atom stereocenters. The van der Waals surface area contributed by atoms with Gasteiger partial charge in [-0.3, -0.25) is 4.79 Å². The summed E-state index contributed by atoms with van der Waals surface area (Å²) in [5.41, 5.74) is 3.13. The second kappa shape index (κ2) is 11.2. The summed E-state index contributed by atoms with van der Waals surface area (Å²) in [5.74, 6) is 2.19. The number of fused-ring (bicyclic) bond motifs is 1. The lowest BCUT2D eigenvalue weighted by atomic mass is 9.96. The Morgan fingerprint density at radius 3 is 2.62 bits per heavy atom. The maximum atomic E-state index is 12.0. The fourth-order valence-corrected chi connectivity index (χ4v) is 3.74. The van der Waals surface area contributed by atoms with Gasteiger partial charge < -0.3 is 14.6 Å². The van der Waals surface area contributed by atoms with Gasteiger partial charge in [-0.2, -0.15) is 0 Å². The van der Waals surface area contributed by atoms with Gasteiger partial charge >= 0.3 is 0 Å². The van der Waals surface area contributed by atoms with Crippen LogP contribution < -0.4 is 10.1 Å². The molecule has 0 atom stereocenters. The van der Waals surface area contributed by atoms with E-state index in [0.29, 0.717) is 6.61 Å². The molecule has 1 heterocycles. The van der Waals surface area contributed by atoms with Crippen LogP contribution in [-0.4, -0.2) is 28.6 Å². The number of hydrogen-bond donors (Lipinski definition) is 1. The highest BCUT2D eigenvalue weighted by atomic mass is 16.5. The largest absolute Gasteiger partial charge is 0.494 e. The van der Waals surface area contributed by atoms with E-state index in [2.05, 4.69) is 47.1 Å². The lowest BCUT2D eigenvalue weighted by Crippen LogP contribution is -2.35. The fourth-order valence-electron chi connectivity index (χ4n) is 3.74. The van der Waals surface area contributed by atoms with Crippen molar-refractivity contribution in [2.24, 2.45) is 5.41 Å². The molecule has 1 N–H and O–H groups in total. The second-order valence-electron chi connectivity index (χ2n) is 9.50. The first-order valence-corrected chi connectivity index (χ1v) is 11.8. The first kappa shape index (κ1) is 23.8. The van der Waals surface area contributed by atoms with Gasteiger partial charge in [0.2, 0.25) is 5.91 Å². The number of ether oxygens (including phenoxy) is 1. The number of nitrogens with one attached hydrogen (secondary N) is 1. The lowest BCUT2D eigenvalue weighted by molar-refractivity contribution is -0.128. The number of rotatable bonds is 11. The fraction of sp³-hybridized carbons (Fsp3) is 0.481. The van der Waals surface area contributed by atoms with Crippen molar-refractivity contribution in [2.45, 2.75) is 66.3 Å². The predicted molar refractivity (Wildman–Crippen MR) is 131 cm³/mol. The van der Waals surface area contributed by atoms with Crippen LogP contribution >= 0.6 is 0 Å². The summed E-state index contributed by atoms with van der Waals surface area (Å²) in [7, 11) is 0. The molecule has 0 radical (unpaired) electrons. The summed E-state index contributed by atoms with van der Waals surface area (Å²) < 4.78 is 8.28. The molecule has 1 amide bonds. The summed E-state index contributed by atoms with van der Waals surface area (Å²) in [6, 6.07) is 16.5. The number of amides is 1. The van der Waals surface area contributed by atoms with E-state index in [0.717, 1.165) is 62.3 Å². The van der Waals surface area contributed by atoms with Crippen molar-refractivity contribution < 1.29 is 9.53 Å². The number of carbonyl (C=O) groups is 1. The Balaban J connectivity index is 1.49. The van der Waals surface area contributed by atoms with Crippen molar-refractivity contribution in [3.8, 4) is 5.75 Å². The van der Waals surface area contributed by atoms with Gasteiger partial charge in [0.15, 0.2) is 0 Å². The van der Waals surface area contributed by atoms with Crippen LogP contribution in [0.5, 0.6) is 5.75 Å². The summed E-state index contributed by atoms with van der Waals surface area (Å²) in [4.78, 5) is 16.9. The minimum atomic E-state index is -0.325. The highest BCUT2D eigenvalue weighted by molar-refractivity contribution is 5.81. The van der Waals surface area contributed by atoms with Crippen LogP contribution in [-0.2, 0) is 17.8 Å². The van der Waals surface area contributed by atoms with E-state index < -0.39 is 0 Å². The topological polar surface area (TPSA) is 56.1 Å². The lowest BCUT2D eigenvalue weighted by Gasteiger charge is -2.17. The standard InChI is InChI=1S/C27H37N3O2/c1-21-12-10-13-22(20-21)32-19-11-18-30-24-15-8-7-14-23(24)29-25(30)16-6-5-9-17-28-26(31)27(2,3)4/h7-8,10,12-15,20H,5-6,9,11,16-19H2,1-4H3,(H,28,31). The van der Waals surface area contributed by atoms with Gasteiger partial charge in [0.05, 0.1) is 17.6 Å². The van der Waals surface area contributed by atoms with Crippen LogP contribution in [0.25, 0.3) is 11.0 Å². The molecule has 172 valence electrons. The number of aromatic nitrogens is 2. The quantitative estimate of drug-likeness (QED) is 0.394. The molecule has 0 saturated carbocycles. The molecule has 0 saturated heterocycles. The Morgan fingerprint density at radius 2 is 1.84 bits per heavy atom. The van der Waals surface area contributed by atoms with E-state index in [4.69, 9.17) is 9.72 Å². The third-order valence-electron chi connectivity index (χ3n) is 5.56. The van der Waals surface area contributed by atoms with E-state index in [-0.39, 0.29) is 11.3 Å². The summed E-state index contributed by atoms with van der Waals surface area (Å²) >= 11 is 0. The Hall–Kier alpha value is -2.82. The molecule has 0 aliphatic carbocycles. The Kier molecular flexibility index (Phi) is 8.32. The molecular formula is C27H37N3O2. The maximum absolute atomic E-state index is 12.0. The molecule has 5 heteroatoms. The molecule has 3 rings (SSSR count). The van der Waals surface area contributed by atoms with Gasteiger partial charge in [-0.15, -0.1) is 0 Å². The number of para-hydroxylation sites is 2. The number of hydrogen-bond acceptors (Lipinski definition) is 3. The smallest absolute Gasteiger partial charge is 0.225 e. The predicted octanol–water partition coefficient (Wildman–Crippen LogP) is 5.69. The number of nitrogens with zero attached hydrogens (tertiary/aromatic N) is 2. The van der Waals surface area contributed by atoms with E-state index in [9.17, 15) is 4.79 Å². The second-order valence-corrected chi connectivity index (χ2v) is 9.50. The average molecular weight is 436 g/mol. The van der Waals surface area contributed by atoms with E-state index in [1.807, 2.05) is 39.0 Å². The zero-order valence-electron chi connectivity index (χ0n) is 20.0. The Labute approximate surface area is 192 Å². The highest BCUT2D eigenvalue weighted by Crippen LogP contribution is 2.19. The van der Waals surface area contributed by atoms with Crippen molar-refractivity contribution in [3.05, 3.63) is 59.9 Å². The van der Waals surface area contributed by atoms with Crippen LogP contribution in [0.4, 0.5) is 0 Å². The molecule has 1 aromatic heterocycles. The molecule has 0 aliphatic heterocycles. The molecule has 0 bridgehead atoms. The van der Waals surface area contributed by atoms with Crippen molar-refractivity contribution in [1.82, 2.24) is 14.9 Å². The van der Waals surface area contributed by atoms with Gasteiger partial charge in [-0.25, -0.2) is 4.98 Å². The Morgan fingerprint density at radius 1 is 1.03 bits per heavy atom. The molecule has 3 aromatic rings. The van der Waals surface area contributed by atoms with Crippen molar-refractivity contribution in [2.75, 3.05) is 13.2 Å². The van der Waals surface area contributed by atoms with Crippen LogP contribution in [0, 0.1) is 12.3 Å². The van der Waals surface area contributed by atoms with Gasteiger partial charge in [-0.1, -0.05) is 51.5 Å². The highest BCUT2D eigenvalue weighted by Gasteiger charge is 2.20. The number of imidazole rings is 1. The number of benzene rings is 2. The van der Waals surface area contributed by atoms with Crippen LogP contribution in [0.1, 0.15) is 57.8 Å². The van der Waals surface area contributed by atoms with Crippen molar-refractivity contribution in [3.63, 3.8) is 0 Å².